The largest absolute Gasteiger partial charge is 0.300 e. The molecular weight excluding hydrogens is 166 g/mol. The van der Waals surface area contributed by atoms with E-state index in [9.17, 15) is 0 Å². The molecule has 1 aliphatic rings. The van der Waals surface area contributed by atoms with Gasteiger partial charge in [0, 0.05) is 11.8 Å². The maximum atomic E-state index is 3.65. The van der Waals surface area contributed by atoms with E-state index in [1.165, 1.54) is 12.2 Å². The third kappa shape index (κ3) is 2.98. The van der Waals surface area contributed by atoms with Crippen LogP contribution in [0.4, 0.5) is 0 Å². The smallest absolute Gasteiger partial charge is 0.0624 e. The predicted octanol–water partition coefficient (Wildman–Crippen LogP) is 2.86. The van der Waals surface area contributed by atoms with Gasteiger partial charge in [0.15, 0.2) is 0 Å². The first kappa shape index (κ1) is 10.4. The van der Waals surface area contributed by atoms with Crippen LogP contribution in [0.25, 0.3) is 0 Å². The van der Waals surface area contributed by atoms with Crippen LogP contribution in [0.5, 0.6) is 0 Å². The third-order valence-electron chi connectivity index (χ3n) is 2.07. The van der Waals surface area contributed by atoms with E-state index in [0.29, 0.717) is 16.3 Å². The number of hydrogen-bond acceptors (Lipinski definition) is 2. The summed E-state index contributed by atoms with van der Waals surface area (Å²) in [6.45, 7) is 11.5. The molecular formula is C10H21NS. The Labute approximate surface area is 80.7 Å². The Hall–Kier alpha value is 0.310. The number of nitrogens with one attached hydrogen (secondary N) is 1. The van der Waals surface area contributed by atoms with Crippen LogP contribution in [0.15, 0.2) is 0 Å². The summed E-state index contributed by atoms with van der Waals surface area (Å²) >= 11 is 2.07. The van der Waals surface area contributed by atoms with Crippen LogP contribution in [0.2, 0.25) is 0 Å². The summed E-state index contributed by atoms with van der Waals surface area (Å²) in [5, 5.41) is 3.65. The van der Waals surface area contributed by atoms with Crippen molar-refractivity contribution in [3.8, 4) is 0 Å². The van der Waals surface area contributed by atoms with Crippen molar-refractivity contribution in [1.29, 1.82) is 0 Å². The molecule has 0 spiro atoms. The molecule has 0 aliphatic carbocycles. The number of rotatable bonds is 1. The van der Waals surface area contributed by atoms with Crippen LogP contribution in [0, 0.1) is 5.41 Å². The highest BCUT2D eigenvalue weighted by Gasteiger charge is 2.36. The van der Waals surface area contributed by atoms with Crippen LogP contribution in [0.1, 0.15) is 41.0 Å². The van der Waals surface area contributed by atoms with Crippen molar-refractivity contribution in [2.24, 2.45) is 5.41 Å². The van der Waals surface area contributed by atoms with E-state index >= 15 is 0 Å². The van der Waals surface area contributed by atoms with E-state index in [0.717, 1.165) is 0 Å². The summed E-state index contributed by atoms with van der Waals surface area (Å²) < 4.78 is 0. The molecule has 1 saturated heterocycles. The van der Waals surface area contributed by atoms with E-state index in [4.69, 9.17) is 0 Å². The van der Waals surface area contributed by atoms with Crippen molar-refractivity contribution >= 4 is 11.8 Å². The zero-order valence-electron chi connectivity index (χ0n) is 8.90. The Bertz CT molecular complexity index is 162. The van der Waals surface area contributed by atoms with Gasteiger partial charge in [-0.15, -0.1) is 11.8 Å². The summed E-state index contributed by atoms with van der Waals surface area (Å²) in [6.07, 6.45) is 1.25. The molecule has 12 heavy (non-hydrogen) atoms. The van der Waals surface area contributed by atoms with Crippen molar-refractivity contribution in [3.05, 3.63) is 0 Å². The Morgan fingerprint density at radius 1 is 1.50 bits per heavy atom. The zero-order valence-corrected chi connectivity index (χ0v) is 9.72. The second-order valence-electron chi connectivity index (χ2n) is 5.32. The van der Waals surface area contributed by atoms with Crippen LogP contribution >= 0.6 is 11.8 Å². The normalized spacial score (nSPS) is 37.2. The van der Waals surface area contributed by atoms with Crippen LogP contribution < -0.4 is 5.32 Å². The van der Waals surface area contributed by atoms with Gasteiger partial charge in [-0.2, -0.15) is 0 Å². The average molecular weight is 187 g/mol. The van der Waals surface area contributed by atoms with Crippen LogP contribution in [-0.4, -0.2) is 16.7 Å². The maximum Gasteiger partial charge on any atom is 0.0624 e. The molecule has 1 heterocycles. The van der Waals surface area contributed by atoms with Crippen molar-refractivity contribution in [2.45, 2.75) is 52.0 Å². The lowest BCUT2D eigenvalue weighted by Gasteiger charge is -2.32. The van der Waals surface area contributed by atoms with Crippen LogP contribution in [-0.2, 0) is 0 Å². The molecule has 2 heteroatoms. The van der Waals surface area contributed by atoms with Crippen molar-refractivity contribution in [3.63, 3.8) is 0 Å². The molecule has 0 aromatic carbocycles. The highest BCUT2D eigenvalue weighted by molar-refractivity contribution is 8.00. The summed E-state index contributed by atoms with van der Waals surface area (Å²) in [4.78, 5) is 0.317. The Kier molecular flexibility index (Phi) is 2.79. The zero-order chi connectivity index (χ0) is 9.41. The maximum absolute atomic E-state index is 3.65. The van der Waals surface area contributed by atoms with Gasteiger partial charge in [-0.25, -0.2) is 0 Å². The minimum absolute atomic E-state index is 0.317. The third-order valence-corrected chi connectivity index (χ3v) is 3.64. The van der Waals surface area contributed by atoms with E-state index in [-0.39, 0.29) is 0 Å². The molecule has 0 aromatic rings. The highest BCUT2D eigenvalue weighted by Crippen LogP contribution is 2.39. The quantitative estimate of drug-likeness (QED) is 0.677. The number of hydrogen-bond donors (Lipinski definition) is 1. The summed E-state index contributed by atoms with van der Waals surface area (Å²) in [7, 11) is 0. The average Bonchev–Trinajstić information content (AvgIpc) is 2.05. The Morgan fingerprint density at radius 3 is 2.42 bits per heavy atom. The second kappa shape index (κ2) is 3.22. The molecule has 0 aromatic heterocycles. The molecule has 0 amide bonds. The van der Waals surface area contributed by atoms with Gasteiger partial charge in [0.25, 0.3) is 0 Å². The van der Waals surface area contributed by atoms with Gasteiger partial charge < -0.3 is 0 Å². The Balaban J connectivity index is 2.51. The molecule has 1 fully saturated rings. The number of thioether (sulfide) groups is 1. The van der Waals surface area contributed by atoms with Gasteiger partial charge >= 0.3 is 0 Å². The summed E-state index contributed by atoms with van der Waals surface area (Å²) in [5.74, 6) is 1.26. The minimum Gasteiger partial charge on any atom is -0.300 e. The molecule has 1 N–H and O–H groups in total. The fourth-order valence-corrected chi connectivity index (χ4v) is 3.55. The van der Waals surface area contributed by atoms with E-state index < -0.39 is 0 Å². The van der Waals surface area contributed by atoms with Crippen molar-refractivity contribution in [2.75, 3.05) is 5.75 Å². The van der Waals surface area contributed by atoms with Crippen molar-refractivity contribution < 1.29 is 0 Å². The monoisotopic (exact) mass is 187 g/mol. The van der Waals surface area contributed by atoms with E-state index in [1.54, 1.807) is 0 Å². The first-order valence-corrected chi connectivity index (χ1v) is 5.71. The SMILES string of the molecule is CC1CSC(C)(CC(C)(C)C)N1. The lowest BCUT2D eigenvalue weighted by molar-refractivity contribution is 0.297. The minimum atomic E-state index is 0.317. The van der Waals surface area contributed by atoms with E-state index in [1.807, 2.05) is 0 Å². The lowest BCUT2D eigenvalue weighted by Crippen LogP contribution is -2.40. The molecule has 2 unspecified atom stereocenters. The molecule has 2 atom stereocenters. The molecule has 72 valence electrons. The molecule has 0 bridgehead atoms. The highest BCUT2D eigenvalue weighted by atomic mass is 32.2. The van der Waals surface area contributed by atoms with Gasteiger partial charge in [0.1, 0.15) is 0 Å². The standard InChI is InChI=1S/C10H21NS/c1-8-6-12-10(5,11-8)7-9(2,3)4/h8,11H,6-7H2,1-5H3. The molecule has 1 aliphatic heterocycles. The fourth-order valence-electron chi connectivity index (χ4n) is 2.03. The first-order chi connectivity index (χ1) is 5.31. The molecule has 0 radical (unpaired) electrons. The summed E-state index contributed by atoms with van der Waals surface area (Å²) in [6, 6.07) is 0.683. The Morgan fingerprint density at radius 2 is 2.08 bits per heavy atom. The van der Waals surface area contributed by atoms with Gasteiger partial charge in [0.05, 0.1) is 4.87 Å². The van der Waals surface area contributed by atoms with Gasteiger partial charge in [-0.05, 0) is 25.7 Å². The molecule has 1 nitrogen and oxygen atoms in total. The van der Waals surface area contributed by atoms with Gasteiger partial charge in [-0.1, -0.05) is 20.8 Å². The van der Waals surface area contributed by atoms with Crippen LogP contribution in [0.3, 0.4) is 0 Å². The van der Waals surface area contributed by atoms with Crippen molar-refractivity contribution in [1.82, 2.24) is 5.32 Å². The van der Waals surface area contributed by atoms with E-state index in [2.05, 4.69) is 51.7 Å². The predicted molar refractivity (Wildman–Crippen MR) is 57.5 cm³/mol. The lowest BCUT2D eigenvalue weighted by atomic mass is 9.88. The summed E-state index contributed by atoms with van der Waals surface area (Å²) in [5.41, 5.74) is 0.429. The fraction of sp³-hybridized carbons (Fsp3) is 1.00. The molecule has 1 rings (SSSR count). The second-order valence-corrected chi connectivity index (χ2v) is 6.85. The first-order valence-electron chi connectivity index (χ1n) is 4.72. The molecule has 0 saturated carbocycles. The van der Waals surface area contributed by atoms with Gasteiger partial charge in [-0.3, -0.25) is 5.32 Å². The topological polar surface area (TPSA) is 12.0 Å². The van der Waals surface area contributed by atoms with Gasteiger partial charge in [0.2, 0.25) is 0 Å².